The zero-order valence-corrected chi connectivity index (χ0v) is 20.8. The summed E-state index contributed by atoms with van der Waals surface area (Å²) in [5, 5.41) is 7.07. The predicted octanol–water partition coefficient (Wildman–Crippen LogP) is 3.92. The number of nitrogens with zero attached hydrogens (tertiary/aromatic N) is 2. The van der Waals surface area contributed by atoms with Crippen molar-refractivity contribution in [1.29, 1.82) is 0 Å². The Labute approximate surface area is 203 Å². The van der Waals surface area contributed by atoms with Gasteiger partial charge in [-0.2, -0.15) is 0 Å². The first-order valence-corrected chi connectivity index (χ1v) is 11.2. The molecule has 31 heavy (non-hydrogen) atoms. The minimum absolute atomic E-state index is 0. The Hall–Kier alpha value is -1.64. The number of rotatable bonds is 7. The van der Waals surface area contributed by atoms with E-state index in [1.807, 2.05) is 7.05 Å². The Morgan fingerprint density at radius 1 is 1.00 bits per heavy atom. The number of morpholine rings is 1. The van der Waals surface area contributed by atoms with Gasteiger partial charge in [-0.05, 0) is 29.5 Å². The van der Waals surface area contributed by atoms with Crippen LogP contribution in [0.5, 0.6) is 0 Å². The Morgan fingerprint density at radius 2 is 1.74 bits per heavy atom. The molecule has 1 aliphatic carbocycles. The van der Waals surface area contributed by atoms with Crippen molar-refractivity contribution < 1.29 is 4.74 Å². The van der Waals surface area contributed by atoms with Gasteiger partial charge >= 0.3 is 0 Å². The molecule has 2 fully saturated rings. The highest BCUT2D eigenvalue weighted by Gasteiger charge is 2.38. The fourth-order valence-electron chi connectivity index (χ4n) is 4.48. The summed E-state index contributed by atoms with van der Waals surface area (Å²) in [6.45, 7) is 6.40. The van der Waals surface area contributed by atoms with Gasteiger partial charge in [-0.1, -0.05) is 61.0 Å². The highest BCUT2D eigenvalue weighted by molar-refractivity contribution is 14.0. The molecule has 1 aliphatic heterocycles. The van der Waals surface area contributed by atoms with Crippen molar-refractivity contribution in [1.82, 2.24) is 15.5 Å². The lowest BCUT2D eigenvalue weighted by Gasteiger charge is -2.43. The van der Waals surface area contributed by atoms with Gasteiger partial charge in [0, 0.05) is 45.2 Å². The molecule has 0 radical (unpaired) electrons. The van der Waals surface area contributed by atoms with E-state index in [-0.39, 0.29) is 29.4 Å². The van der Waals surface area contributed by atoms with Crippen LogP contribution in [0.25, 0.3) is 0 Å². The Morgan fingerprint density at radius 3 is 2.42 bits per heavy atom. The van der Waals surface area contributed by atoms with Gasteiger partial charge in [-0.3, -0.25) is 9.89 Å². The predicted molar refractivity (Wildman–Crippen MR) is 138 cm³/mol. The first kappa shape index (κ1) is 24.0. The number of aliphatic imine (C=N–C) groups is 1. The molecule has 0 unspecified atom stereocenters. The van der Waals surface area contributed by atoms with Crippen LogP contribution in [0.3, 0.4) is 0 Å². The number of guanidine groups is 1. The van der Waals surface area contributed by atoms with E-state index in [1.54, 1.807) is 0 Å². The maximum absolute atomic E-state index is 5.45. The number of hydrogen-bond acceptors (Lipinski definition) is 3. The largest absolute Gasteiger partial charge is 0.379 e. The Balaban J connectivity index is 0.00000272. The van der Waals surface area contributed by atoms with Crippen LogP contribution in [0.2, 0.25) is 0 Å². The van der Waals surface area contributed by atoms with Crippen molar-refractivity contribution in [3.8, 4) is 0 Å². The number of halogens is 1. The third-order valence-electron chi connectivity index (χ3n) is 6.48. The molecular formula is C25H35IN4O. The minimum Gasteiger partial charge on any atom is -0.379 e. The lowest BCUT2D eigenvalue weighted by molar-refractivity contribution is 0.0342. The maximum Gasteiger partial charge on any atom is 0.191 e. The summed E-state index contributed by atoms with van der Waals surface area (Å²) in [6, 6.07) is 19.8. The molecule has 5 nitrogen and oxygen atoms in total. The molecular weight excluding hydrogens is 499 g/mol. The van der Waals surface area contributed by atoms with E-state index in [9.17, 15) is 0 Å². The lowest BCUT2D eigenvalue weighted by atomic mass is 9.64. The zero-order chi connectivity index (χ0) is 20.7. The van der Waals surface area contributed by atoms with Crippen LogP contribution in [-0.2, 0) is 23.2 Å². The van der Waals surface area contributed by atoms with Gasteiger partial charge in [0.25, 0.3) is 0 Å². The van der Waals surface area contributed by atoms with Gasteiger partial charge in [0.2, 0.25) is 0 Å². The fourth-order valence-corrected chi connectivity index (χ4v) is 4.48. The smallest absolute Gasteiger partial charge is 0.191 e. The van der Waals surface area contributed by atoms with Crippen molar-refractivity contribution in [2.24, 2.45) is 4.99 Å². The van der Waals surface area contributed by atoms with Crippen molar-refractivity contribution in [3.63, 3.8) is 0 Å². The summed E-state index contributed by atoms with van der Waals surface area (Å²) >= 11 is 0. The van der Waals surface area contributed by atoms with Crippen molar-refractivity contribution in [2.75, 3.05) is 39.9 Å². The molecule has 1 saturated heterocycles. The number of ether oxygens (including phenoxy) is 1. The zero-order valence-electron chi connectivity index (χ0n) is 18.5. The second kappa shape index (κ2) is 11.8. The highest BCUT2D eigenvalue weighted by Crippen LogP contribution is 2.43. The van der Waals surface area contributed by atoms with Crippen LogP contribution in [0.15, 0.2) is 59.6 Å². The van der Waals surface area contributed by atoms with E-state index >= 15 is 0 Å². The van der Waals surface area contributed by atoms with Gasteiger partial charge in [0.15, 0.2) is 5.96 Å². The third-order valence-corrected chi connectivity index (χ3v) is 6.48. The summed E-state index contributed by atoms with van der Waals surface area (Å²) in [5.41, 5.74) is 4.33. The van der Waals surface area contributed by atoms with Crippen LogP contribution in [0.1, 0.15) is 36.0 Å². The van der Waals surface area contributed by atoms with Crippen molar-refractivity contribution >= 4 is 29.9 Å². The molecule has 4 rings (SSSR count). The average Bonchev–Trinajstić information content (AvgIpc) is 2.77. The molecule has 2 aliphatic rings. The molecule has 1 heterocycles. The fraction of sp³-hybridized carbons (Fsp3) is 0.480. The molecule has 0 spiro atoms. The molecule has 0 atom stereocenters. The van der Waals surface area contributed by atoms with Gasteiger partial charge in [0.05, 0.1) is 13.2 Å². The number of nitrogens with one attached hydrogen (secondary N) is 2. The standard InChI is InChI=1S/C25H34N4O.HI/c1-26-24(28-20-25(11-6-12-25)23-9-3-2-4-10-23)27-18-21-7-5-8-22(17-21)19-29-13-15-30-16-14-29;/h2-5,7-10,17H,6,11-16,18-20H2,1H3,(H2,26,27,28);1H. The van der Waals surface area contributed by atoms with Gasteiger partial charge in [-0.15, -0.1) is 24.0 Å². The van der Waals surface area contributed by atoms with E-state index in [1.165, 1.54) is 36.0 Å². The van der Waals surface area contributed by atoms with E-state index in [0.29, 0.717) is 0 Å². The average molecular weight is 534 g/mol. The molecule has 2 aromatic rings. The lowest BCUT2D eigenvalue weighted by Crippen LogP contribution is -2.48. The van der Waals surface area contributed by atoms with Crippen LogP contribution in [0.4, 0.5) is 0 Å². The van der Waals surface area contributed by atoms with Crippen LogP contribution in [-0.4, -0.2) is 50.8 Å². The highest BCUT2D eigenvalue weighted by atomic mass is 127. The van der Waals surface area contributed by atoms with E-state index < -0.39 is 0 Å². The summed E-state index contributed by atoms with van der Waals surface area (Å²) in [7, 11) is 1.85. The second-order valence-electron chi connectivity index (χ2n) is 8.49. The molecule has 2 N–H and O–H groups in total. The SMILES string of the molecule is CN=C(NCc1cccc(CN2CCOCC2)c1)NCC1(c2ccccc2)CCC1.I. The van der Waals surface area contributed by atoms with Gasteiger partial charge < -0.3 is 15.4 Å². The molecule has 0 bridgehead atoms. The number of hydrogen-bond donors (Lipinski definition) is 2. The van der Waals surface area contributed by atoms with E-state index in [4.69, 9.17) is 4.74 Å². The molecule has 0 aromatic heterocycles. The quantitative estimate of drug-likeness (QED) is 0.321. The monoisotopic (exact) mass is 534 g/mol. The molecule has 1 saturated carbocycles. The van der Waals surface area contributed by atoms with Crippen molar-refractivity contribution in [3.05, 3.63) is 71.3 Å². The van der Waals surface area contributed by atoms with Crippen LogP contribution in [0, 0.1) is 0 Å². The van der Waals surface area contributed by atoms with E-state index in [2.05, 4.69) is 75.1 Å². The topological polar surface area (TPSA) is 48.9 Å². The van der Waals surface area contributed by atoms with E-state index in [0.717, 1.165) is 51.9 Å². The first-order chi connectivity index (χ1) is 14.8. The van der Waals surface area contributed by atoms with Gasteiger partial charge in [0.1, 0.15) is 0 Å². The normalized spacial score (nSPS) is 18.5. The first-order valence-electron chi connectivity index (χ1n) is 11.2. The molecule has 2 aromatic carbocycles. The molecule has 168 valence electrons. The summed E-state index contributed by atoms with van der Waals surface area (Å²) in [4.78, 5) is 6.90. The summed E-state index contributed by atoms with van der Waals surface area (Å²) in [6.07, 6.45) is 3.79. The third kappa shape index (κ3) is 6.43. The minimum atomic E-state index is 0. The Kier molecular flexibility index (Phi) is 9.16. The second-order valence-corrected chi connectivity index (χ2v) is 8.49. The van der Waals surface area contributed by atoms with Crippen molar-refractivity contribution in [2.45, 2.75) is 37.8 Å². The Bertz CT molecular complexity index is 832. The molecule has 6 heteroatoms. The number of benzene rings is 2. The summed E-state index contributed by atoms with van der Waals surface area (Å²) in [5.74, 6) is 0.871. The molecule has 0 amide bonds. The van der Waals surface area contributed by atoms with Gasteiger partial charge in [-0.25, -0.2) is 0 Å². The van der Waals surface area contributed by atoms with Crippen LogP contribution < -0.4 is 10.6 Å². The summed E-state index contributed by atoms with van der Waals surface area (Å²) < 4.78 is 5.45. The maximum atomic E-state index is 5.45. The van der Waals surface area contributed by atoms with Crippen LogP contribution >= 0.6 is 24.0 Å².